The van der Waals surface area contributed by atoms with Crippen molar-refractivity contribution in [1.29, 1.82) is 0 Å². The van der Waals surface area contributed by atoms with Crippen molar-refractivity contribution in [3.05, 3.63) is 65.2 Å². The number of benzene rings is 2. The van der Waals surface area contributed by atoms with Crippen molar-refractivity contribution < 1.29 is 18.4 Å². The number of rotatable bonds is 5. The second kappa shape index (κ2) is 7.68. The van der Waals surface area contributed by atoms with Gasteiger partial charge in [-0.1, -0.05) is 6.07 Å². The van der Waals surface area contributed by atoms with Gasteiger partial charge in [0.1, 0.15) is 0 Å². The summed E-state index contributed by atoms with van der Waals surface area (Å²) >= 11 is 0. The summed E-state index contributed by atoms with van der Waals surface area (Å²) in [6.07, 6.45) is -0.0766. The molecule has 2 aromatic rings. The normalized spacial score (nSPS) is 10.5. The Bertz CT molecular complexity index is 743. The van der Waals surface area contributed by atoms with E-state index in [0.717, 1.165) is 12.1 Å². The van der Waals surface area contributed by atoms with Crippen LogP contribution in [-0.2, 0) is 11.2 Å². The molecule has 0 radical (unpaired) electrons. The Labute approximate surface area is 138 Å². The Hall–Kier alpha value is -2.76. The minimum absolute atomic E-state index is 0.0352. The zero-order valence-electron chi connectivity index (χ0n) is 13.4. The summed E-state index contributed by atoms with van der Waals surface area (Å²) in [6.45, 7) is 3.73. The molecule has 0 bridgehead atoms. The van der Waals surface area contributed by atoms with Gasteiger partial charge in [0.15, 0.2) is 11.6 Å². The number of halogens is 2. The molecule has 126 valence electrons. The standard InChI is InChI=1S/C18H18F2N2O2/c1-11(2)21-18(24)13-4-6-14(7-5-13)22-17(23)10-12-3-8-15(19)16(20)9-12/h3-9,11H,10H2,1-2H3,(H,21,24)(H,22,23). The molecule has 4 nitrogen and oxygen atoms in total. The zero-order chi connectivity index (χ0) is 17.7. The first-order valence-electron chi connectivity index (χ1n) is 7.50. The highest BCUT2D eigenvalue weighted by Crippen LogP contribution is 2.12. The molecule has 0 spiro atoms. The van der Waals surface area contributed by atoms with E-state index in [2.05, 4.69) is 10.6 Å². The number of carbonyl (C=O) groups excluding carboxylic acids is 2. The molecule has 0 heterocycles. The van der Waals surface area contributed by atoms with Gasteiger partial charge < -0.3 is 10.6 Å². The molecule has 0 atom stereocenters. The number of amides is 2. The van der Waals surface area contributed by atoms with E-state index in [1.54, 1.807) is 24.3 Å². The van der Waals surface area contributed by atoms with E-state index >= 15 is 0 Å². The Morgan fingerprint density at radius 1 is 1.00 bits per heavy atom. The fourth-order valence-corrected chi connectivity index (χ4v) is 2.09. The van der Waals surface area contributed by atoms with E-state index in [9.17, 15) is 18.4 Å². The third-order valence-electron chi connectivity index (χ3n) is 3.20. The monoisotopic (exact) mass is 332 g/mol. The molecule has 0 saturated heterocycles. The highest BCUT2D eigenvalue weighted by Gasteiger charge is 2.09. The van der Waals surface area contributed by atoms with Gasteiger partial charge in [-0.3, -0.25) is 9.59 Å². The highest BCUT2D eigenvalue weighted by atomic mass is 19.2. The van der Waals surface area contributed by atoms with Crippen LogP contribution in [0.4, 0.5) is 14.5 Å². The quantitative estimate of drug-likeness (QED) is 0.883. The second-order valence-electron chi connectivity index (χ2n) is 5.68. The van der Waals surface area contributed by atoms with Crippen molar-refractivity contribution >= 4 is 17.5 Å². The Morgan fingerprint density at radius 2 is 1.67 bits per heavy atom. The molecule has 24 heavy (non-hydrogen) atoms. The van der Waals surface area contributed by atoms with Crippen LogP contribution in [0, 0.1) is 11.6 Å². The van der Waals surface area contributed by atoms with Crippen LogP contribution in [0.1, 0.15) is 29.8 Å². The van der Waals surface area contributed by atoms with E-state index in [-0.39, 0.29) is 24.3 Å². The number of nitrogens with one attached hydrogen (secondary N) is 2. The van der Waals surface area contributed by atoms with Crippen molar-refractivity contribution in [2.45, 2.75) is 26.3 Å². The molecular weight excluding hydrogens is 314 g/mol. The largest absolute Gasteiger partial charge is 0.350 e. The maximum atomic E-state index is 13.1. The topological polar surface area (TPSA) is 58.2 Å². The fraction of sp³-hybridized carbons (Fsp3) is 0.222. The van der Waals surface area contributed by atoms with Gasteiger partial charge in [0.25, 0.3) is 5.91 Å². The van der Waals surface area contributed by atoms with Gasteiger partial charge in [0.2, 0.25) is 5.91 Å². The minimum atomic E-state index is -0.985. The molecule has 0 aliphatic carbocycles. The molecular formula is C18H18F2N2O2. The van der Waals surface area contributed by atoms with E-state index in [4.69, 9.17) is 0 Å². The van der Waals surface area contributed by atoms with Crippen molar-refractivity contribution in [1.82, 2.24) is 5.32 Å². The molecule has 0 aliphatic heterocycles. The predicted octanol–water partition coefficient (Wildman–Crippen LogP) is 3.28. The smallest absolute Gasteiger partial charge is 0.251 e. The average molecular weight is 332 g/mol. The summed E-state index contributed by atoms with van der Waals surface area (Å²) in [5.41, 5.74) is 1.38. The van der Waals surface area contributed by atoms with Gasteiger partial charge in [-0.15, -0.1) is 0 Å². The molecule has 2 amide bonds. The summed E-state index contributed by atoms with van der Waals surface area (Å²) in [6, 6.07) is 9.80. The number of carbonyl (C=O) groups is 2. The van der Waals surface area contributed by atoms with Crippen LogP contribution in [0.25, 0.3) is 0 Å². The van der Waals surface area contributed by atoms with Gasteiger partial charge in [-0.25, -0.2) is 8.78 Å². The lowest BCUT2D eigenvalue weighted by atomic mass is 10.1. The zero-order valence-corrected chi connectivity index (χ0v) is 13.4. The lowest BCUT2D eigenvalue weighted by Gasteiger charge is -2.09. The summed E-state index contributed by atoms with van der Waals surface area (Å²) in [5.74, 6) is -2.49. The third-order valence-corrected chi connectivity index (χ3v) is 3.20. The molecule has 0 aliphatic rings. The van der Waals surface area contributed by atoms with Crippen molar-refractivity contribution in [2.24, 2.45) is 0 Å². The Balaban J connectivity index is 1.96. The average Bonchev–Trinajstić information content (AvgIpc) is 2.51. The van der Waals surface area contributed by atoms with E-state index in [1.807, 2.05) is 13.8 Å². The van der Waals surface area contributed by atoms with Crippen LogP contribution < -0.4 is 10.6 Å². The van der Waals surface area contributed by atoms with Crippen LogP contribution in [0.3, 0.4) is 0 Å². The van der Waals surface area contributed by atoms with E-state index in [0.29, 0.717) is 16.8 Å². The summed E-state index contributed by atoms with van der Waals surface area (Å²) in [7, 11) is 0. The first kappa shape index (κ1) is 17.6. The number of hydrogen-bond donors (Lipinski definition) is 2. The molecule has 2 aromatic carbocycles. The van der Waals surface area contributed by atoms with Gasteiger partial charge in [-0.2, -0.15) is 0 Å². The lowest BCUT2D eigenvalue weighted by molar-refractivity contribution is -0.115. The molecule has 2 N–H and O–H groups in total. The number of anilines is 1. The SMILES string of the molecule is CC(C)NC(=O)c1ccc(NC(=O)Cc2ccc(F)c(F)c2)cc1. The Morgan fingerprint density at radius 3 is 2.25 bits per heavy atom. The third kappa shape index (κ3) is 4.87. The van der Waals surface area contributed by atoms with Gasteiger partial charge >= 0.3 is 0 Å². The molecule has 2 rings (SSSR count). The van der Waals surface area contributed by atoms with Crippen molar-refractivity contribution in [2.75, 3.05) is 5.32 Å². The maximum Gasteiger partial charge on any atom is 0.251 e. The molecule has 0 fully saturated rings. The second-order valence-corrected chi connectivity index (χ2v) is 5.68. The van der Waals surface area contributed by atoms with Gasteiger partial charge in [-0.05, 0) is 55.8 Å². The molecule has 6 heteroatoms. The molecule has 0 saturated carbocycles. The predicted molar refractivity (Wildman–Crippen MR) is 87.7 cm³/mol. The van der Waals surface area contributed by atoms with Gasteiger partial charge in [0.05, 0.1) is 6.42 Å². The maximum absolute atomic E-state index is 13.1. The first-order chi connectivity index (χ1) is 11.3. The van der Waals surface area contributed by atoms with Gasteiger partial charge in [0, 0.05) is 17.3 Å². The minimum Gasteiger partial charge on any atom is -0.350 e. The van der Waals surface area contributed by atoms with Crippen LogP contribution in [-0.4, -0.2) is 17.9 Å². The van der Waals surface area contributed by atoms with Crippen molar-refractivity contribution in [3.8, 4) is 0 Å². The number of hydrogen-bond acceptors (Lipinski definition) is 2. The summed E-state index contributed by atoms with van der Waals surface area (Å²) < 4.78 is 26.0. The van der Waals surface area contributed by atoms with E-state index in [1.165, 1.54) is 6.07 Å². The first-order valence-corrected chi connectivity index (χ1v) is 7.50. The Kier molecular flexibility index (Phi) is 5.63. The molecule has 0 aromatic heterocycles. The lowest BCUT2D eigenvalue weighted by Crippen LogP contribution is -2.30. The van der Waals surface area contributed by atoms with Crippen molar-refractivity contribution in [3.63, 3.8) is 0 Å². The van der Waals surface area contributed by atoms with E-state index < -0.39 is 11.6 Å². The summed E-state index contributed by atoms with van der Waals surface area (Å²) in [4.78, 5) is 23.8. The van der Waals surface area contributed by atoms with Crippen LogP contribution in [0.15, 0.2) is 42.5 Å². The summed E-state index contributed by atoms with van der Waals surface area (Å²) in [5, 5.41) is 5.41. The van der Waals surface area contributed by atoms with Crippen LogP contribution in [0.5, 0.6) is 0 Å². The van der Waals surface area contributed by atoms with Crippen LogP contribution in [0.2, 0.25) is 0 Å². The highest BCUT2D eigenvalue weighted by molar-refractivity contribution is 5.96. The molecule has 0 unspecified atom stereocenters. The van der Waals surface area contributed by atoms with Crippen LogP contribution >= 0.6 is 0 Å². The fourth-order valence-electron chi connectivity index (χ4n) is 2.09.